The molecule has 26 heavy (non-hydrogen) atoms. The molecule has 4 nitrogen and oxygen atoms in total. The minimum Gasteiger partial charge on any atom is -0.381 e. The smallest absolute Gasteiger partial charge is 0.193 e. The fourth-order valence-corrected chi connectivity index (χ4v) is 3.88. The molecule has 1 aromatic rings. The second-order valence-corrected chi connectivity index (χ2v) is 7.39. The summed E-state index contributed by atoms with van der Waals surface area (Å²) in [6, 6.07) is 6.91. The van der Waals surface area contributed by atoms with Crippen molar-refractivity contribution in [3.63, 3.8) is 0 Å². The molecule has 0 atom stereocenters. The topological polar surface area (TPSA) is 36.9 Å². The Kier molecular flexibility index (Phi) is 9.19. The van der Waals surface area contributed by atoms with Crippen molar-refractivity contribution in [1.29, 1.82) is 0 Å². The summed E-state index contributed by atoms with van der Waals surface area (Å²) in [5.74, 6) is 1.82. The van der Waals surface area contributed by atoms with Gasteiger partial charge in [-0.25, -0.2) is 4.99 Å². The number of guanidine groups is 1. The van der Waals surface area contributed by atoms with Crippen LogP contribution in [-0.2, 0) is 24.1 Å². The third-order valence-electron chi connectivity index (χ3n) is 5.48. The summed E-state index contributed by atoms with van der Waals surface area (Å²) in [5.41, 5.74) is 4.40. The van der Waals surface area contributed by atoms with Crippen molar-refractivity contribution in [3.05, 3.63) is 34.9 Å². The fraction of sp³-hybridized carbons (Fsp3) is 0.667. The minimum atomic E-state index is 0. The molecule has 1 aliphatic heterocycles. The molecule has 0 spiro atoms. The zero-order valence-electron chi connectivity index (χ0n) is 16.3. The van der Waals surface area contributed by atoms with Gasteiger partial charge < -0.3 is 15.0 Å². The van der Waals surface area contributed by atoms with Crippen LogP contribution in [0.15, 0.2) is 23.2 Å². The third-order valence-corrected chi connectivity index (χ3v) is 5.48. The largest absolute Gasteiger partial charge is 0.381 e. The van der Waals surface area contributed by atoms with Gasteiger partial charge in [-0.3, -0.25) is 0 Å². The van der Waals surface area contributed by atoms with Crippen molar-refractivity contribution in [1.82, 2.24) is 10.2 Å². The van der Waals surface area contributed by atoms with Crippen molar-refractivity contribution < 1.29 is 4.74 Å². The van der Waals surface area contributed by atoms with Crippen molar-refractivity contribution in [3.8, 4) is 0 Å². The Labute approximate surface area is 175 Å². The van der Waals surface area contributed by atoms with E-state index in [4.69, 9.17) is 9.73 Å². The van der Waals surface area contributed by atoms with Gasteiger partial charge in [0, 0.05) is 33.4 Å². The quantitative estimate of drug-likeness (QED) is 0.387. The maximum atomic E-state index is 5.46. The monoisotopic (exact) mass is 471 g/mol. The Morgan fingerprint density at radius 1 is 1.23 bits per heavy atom. The van der Waals surface area contributed by atoms with Crippen LogP contribution in [0.5, 0.6) is 0 Å². The van der Waals surface area contributed by atoms with Gasteiger partial charge in [0.25, 0.3) is 0 Å². The van der Waals surface area contributed by atoms with Crippen LogP contribution in [-0.4, -0.2) is 44.2 Å². The molecule has 2 aliphatic rings. The molecule has 1 aliphatic carbocycles. The van der Waals surface area contributed by atoms with E-state index in [0.717, 1.165) is 44.7 Å². The summed E-state index contributed by atoms with van der Waals surface area (Å²) in [4.78, 5) is 7.16. The maximum absolute atomic E-state index is 5.46. The molecule has 3 rings (SSSR count). The van der Waals surface area contributed by atoms with E-state index in [1.54, 1.807) is 0 Å². The van der Waals surface area contributed by atoms with E-state index >= 15 is 0 Å². The van der Waals surface area contributed by atoms with Crippen molar-refractivity contribution >= 4 is 29.9 Å². The molecule has 1 fully saturated rings. The van der Waals surface area contributed by atoms with Gasteiger partial charge in [-0.05, 0) is 68.1 Å². The molecular formula is C21H34IN3O. The Balaban J connectivity index is 0.00000243. The Morgan fingerprint density at radius 3 is 2.77 bits per heavy atom. The summed E-state index contributed by atoms with van der Waals surface area (Å²) in [6.45, 7) is 6.72. The molecule has 0 amide bonds. The Bertz CT molecular complexity index is 585. The molecule has 5 heteroatoms. The highest BCUT2D eigenvalue weighted by Gasteiger charge is 2.15. The molecule has 0 bridgehead atoms. The van der Waals surface area contributed by atoms with Gasteiger partial charge in [-0.15, -0.1) is 24.0 Å². The third kappa shape index (κ3) is 6.12. The van der Waals surface area contributed by atoms with E-state index in [9.17, 15) is 0 Å². The highest BCUT2D eigenvalue weighted by Crippen LogP contribution is 2.23. The first-order valence-corrected chi connectivity index (χ1v) is 9.94. The molecule has 0 radical (unpaired) electrons. The van der Waals surface area contributed by atoms with E-state index in [0.29, 0.717) is 0 Å². The van der Waals surface area contributed by atoms with Gasteiger partial charge in [0.05, 0.1) is 6.54 Å². The van der Waals surface area contributed by atoms with Gasteiger partial charge >= 0.3 is 0 Å². The number of nitrogens with one attached hydrogen (secondary N) is 1. The number of hydrogen-bond donors (Lipinski definition) is 1. The maximum Gasteiger partial charge on any atom is 0.193 e. The van der Waals surface area contributed by atoms with Gasteiger partial charge in [0.1, 0.15) is 0 Å². The van der Waals surface area contributed by atoms with Crippen LogP contribution in [0, 0.1) is 5.92 Å². The van der Waals surface area contributed by atoms with Crippen LogP contribution in [0.25, 0.3) is 0 Å². The predicted molar refractivity (Wildman–Crippen MR) is 119 cm³/mol. The van der Waals surface area contributed by atoms with E-state index in [-0.39, 0.29) is 24.0 Å². The second-order valence-electron chi connectivity index (χ2n) is 7.39. The summed E-state index contributed by atoms with van der Waals surface area (Å²) in [5, 5.41) is 3.44. The first-order valence-electron chi connectivity index (χ1n) is 9.94. The number of fused-ring (bicyclic) bond motifs is 1. The van der Waals surface area contributed by atoms with Gasteiger partial charge in [0.15, 0.2) is 5.96 Å². The van der Waals surface area contributed by atoms with Crippen LogP contribution in [0.1, 0.15) is 49.3 Å². The average Bonchev–Trinajstić information content (AvgIpc) is 3.12. The normalized spacial score (nSPS) is 17.5. The zero-order chi connectivity index (χ0) is 17.5. The molecule has 0 aromatic heterocycles. The number of nitrogens with zero attached hydrogens (tertiary/aromatic N) is 2. The number of hydrogen-bond acceptors (Lipinski definition) is 2. The van der Waals surface area contributed by atoms with Gasteiger partial charge in [0.2, 0.25) is 0 Å². The van der Waals surface area contributed by atoms with Crippen molar-refractivity contribution in [2.45, 2.75) is 52.0 Å². The predicted octanol–water partition coefficient (Wildman–Crippen LogP) is 4.01. The Hall–Kier alpha value is -0.820. The second kappa shape index (κ2) is 11.1. The molecule has 0 unspecified atom stereocenters. The highest BCUT2D eigenvalue weighted by atomic mass is 127. The highest BCUT2D eigenvalue weighted by molar-refractivity contribution is 14.0. The lowest BCUT2D eigenvalue weighted by Crippen LogP contribution is -2.40. The lowest BCUT2D eigenvalue weighted by atomic mass is 9.96. The van der Waals surface area contributed by atoms with E-state index in [1.165, 1.54) is 55.2 Å². The number of ether oxygens (including phenoxy) is 1. The number of aryl methyl sites for hydroxylation is 2. The molecule has 0 saturated carbocycles. The SMILES string of the molecule is CCNC(=NCc1ccc2c(c1)CCC2)N(C)CCC1CCOCC1.I. The van der Waals surface area contributed by atoms with Crippen molar-refractivity contribution in [2.24, 2.45) is 10.9 Å². The number of benzene rings is 1. The van der Waals surface area contributed by atoms with E-state index < -0.39 is 0 Å². The summed E-state index contributed by atoms with van der Waals surface area (Å²) >= 11 is 0. The number of halogens is 1. The lowest BCUT2D eigenvalue weighted by molar-refractivity contribution is 0.0625. The van der Waals surface area contributed by atoms with Crippen LogP contribution in [0.2, 0.25) is 0 Å². The molecule has 146 valence electrons. The minimum absolute atomic E-state index is 0. The van der Waals surface area contributed by atoms with E-state index in [2.05, 4.69) is 42.4 Å². The first kappa shape index (κ1) is 21.5. The van der Waals surface area contributed by atoms with E-state index in [1.807, 2.05) is 0 Å². The average molecular weight is 471 g/mol. The molecule has 1 N–H and O–H groups in total. The fourth-order valence-electron chi connectivity index (χ4n) is 3.88. The molecule has 1 heterocycles. The first-order chi connectivity index (χ1) is 12.3. The number of aliphatic imine (C=N–C) groups is 1. The van der Waals surface area contributed by atoms with Crippen LogP contribution < -0.4 is 5.32 Å². The van der Waals surface area contributed by atoms with Crippen molar-refractivity contribution in [2.75, 3.05) is 33.4 Å². The van der Waals surface area contributed by atoms with Crippen LogP contribution in [0.3, 0.4) is 0 Å². The van der Waals surface area contributed by atoms with Crippen LogP contribution in [0.4, 0.5) is 0 Å². The zero-order valence-corrected chi connectivity index (χ0v) is 18.6. The lowest BCUT2D eigenvalue weighted by Gasteiger charge is -2.26. The number of rotatable bonds is 6. The molecular weight excluding hydrogens is 437 g/mol. The standard InChI is InChI=1S/C21H33N3O.HI/c1-3-22-21(24(2)12-9-17-10-13-25-14-11-17)23-16-18-7-8-19-5-4-6-20(19)15-18;/h7-8,15,17H,3-6,9-14,16H2,1-2H3,(H,22,23);1H. The van der Waals surface area contributed by atoms with Gasteiger partial charge in [-0.1, -0.05) is 18.2 Å². The molecule has 1 aromatic carbocycles. The van der Waals surface area contributed by atoms with Crippen LogP contribution >= 0.6 is 24.0 Å². The summed E-state index contributed by atoms with van der Waals surface area (Å²) in [7, 11) is 2.16. The molecule has 1 saturated heterocycles. The Morgan fingerprint density at radius 2 is 2.00 bits per heavy atom. The summed E-state index contributed by atoms with van der Waals surface area (Å²) in [6.07, 6.45) is 7.42. The van der Waals surface area contributed by atoms with Gasteiger partial charge in [-0.2, -0.15) is 0 Å². The summed E-state index contributed by atoms with van der Waals surface area (Å²) < 4.78 is 5.46.